The second-order valence-corrected chi connectivity index (χ2v) is 4.86. The van der Waals surface area contributed by atoms with Gasteiger partial charge in [-0.15, -0.1) is 0 Å². The molecule has 1 unspecified atom stereocenters. The SMILES string of the molecule is CCCn1c(CC(O)c2ncc[nH]2)nc2ccccc21. The topological polar surface area (TPSA) is 66.7 Å². The molecule has 0 saturated heterocycles. The van der Waals surface area contributed by atoms with E-state index >= 15 is 0 Å². The van der Waals surface area contributed by atoms with E-state index in [2.05, 4.69) is 32.5 Å². The van der Waals surface area contributed by atoms with Gasteiger partial charge in [0.05, 0.1) is 11.0 Å². The quantitative estimate of drug-likeness (QED) is 0.748. The number of nitrogens with zero attached hydrogens (tertiary/aromatic N) is 3. The Labute approximate surface area is 117 Å². The lowest BCUT2D eigenvalue weighted by Gasteiger charge is -2.10. The lowest BCUT2D eigenvalue weighted by atomic mass is 10.2. The van der Waals surface area contributed by atoms with Gasteiger partial charge in [0.2, 0.25) is 0 Å². The van der Waals surface area contributed by atoms with Crippen molar-refractivity contribution in [3.63, 3.8) is 0 Å². The molecule has 0 bridgehead atoms. The fourth-order valence-electron chi connectivity index (χ4n) is 2.48. The molecule has 104 valence electrons. The number of imidazole rings is 2. The Kier molecular flexibility index (Phi) is 3.52. The summed E-state index contributed by atoms with van der Waals surface area (Å²) >= 11 is 0. The molecule has 5 heteroatoms. The number of aliphatic hydroxyl groups excluding tert-OH is 1. The molecule has 0 aliphatic rings. The van der Waals surface area contributed by atoms with Gasteiger partial charge >= 0.3 is 0 Å². The van der Waals surface area contributed by atoms with Crippen LogP contribution in [0, 0.1) is 0 Å². The Morgan fingerprint density at radius 3 is 2.95 bits per heavy atom. The molecule has 0 amide bonds. The average molecular weight is 270 g/mol. The molecule has 2 heterocycles. The van der Waals surface area contributed by atoms with Crippen LogP contribution in [0.25, 0.3) is 11.0 Å². The van der Waals surface area contributed by atoms with Gasteiger partial charge in [0.15, 0.2) is 0 Å². The van der Waals surface area contributed by atoms with Crippen molar-refractivity contribution >= 4 is 11.0 Å². The van der Waals surface area contributed by atoms with Crippen LogP contribution in [-0.2, 0) is 13.0 Å². The van der Waals surface area contributed by atoms with Crippen LogP contribution in [0.2, 0.25) is 0 Å². The zero-order valence-electron chi connectivity index (χ0n) is 11.5. The largest absolute Gasteiger partial charge is 0.385 e. The van der Waals surface area contributed by atoms with Crippen LogP contribution in [0.4, 0.5) is 0 Å². The smallest absolute Gasteiger partial charge is 0.135 e. The number of aromatic amines is 1. The second kappa shape index (κ2) is 5.46. The maximum Gasteiger partial charge on any atom is 0.135 e. The van der Waals surface area contributed by atoms with E-state index in [0.717, 1.165) is 29.8 Å². The van der Waals surface area contributed by atoms with E-state index in [1.807, 2.05) is 18.2 Å². The molecule has 2 N–H and O–H groups in total. The maximum atomic E-state index is 10.2. The molecule has 2 aromatic heterocycles. The maximum absolute atomic E-state index is 10.2. The fourth-order valence-corrected chi connectivity index (χ4v) is 2.48. The number of hydrogen-bond donors (Lipinski definition) is 2. The van der Waals surface area contributed by atoms with Gasteiger partial charge in [0.1, 0.15) is 17.8 Å². The average Bonchev–Trinajstić information content (AvgIpc) is 3.08. The highest BCUT2D eigenvalue weighted by atomic mass is 16.3. The number of benzene rings is 1. The summed E-state index contributed by atoms with van der Waals surface area (Å²) in [5, 5.41) is 10.2. The number of aromatic nitrogens is 4. The molecule has 0 aliphatic heterocycles. The Balaban J connectivity index is 1.96. The summed E-state index contributed by atoms with van der Waals surface area (Å²) in [5.74, 6) is 1.48. The van der Waals surface area contributed by atoms with Crippen LogP contribution in [0.15, 0.2) is 36.7 Å². The Morgan fingerprint density at radius 2 is 2.20 bits per heavy atom. The molecule has 1 aromatic carbocycles. The summed E-state index contributed by atoms with van der Waals surface area (Å²) in [4.78, 5) is 11.7. The molecule has 20 heavy (non-hydrogen) atoms. The van der Waals surface area contributed by atoms with Crippen LogP contribution in [0.1, 0.15) is 31.1 Å². The van der Waals surface area contributed by atoms with Crippen molar-refractivity contribution in [1.82, 2.24) is 19.5 Å². The van der Waals surface area contributed by atoms with E-state index in [1.165, 1.54) is 0 Å². The fraction of sp³-hybridized carbons (Fsp3) is 0.333. The first-order chi connectivity index (χ1) is 9.79. The number of fused-ring (bicyclic) bond motifs is 1. The molecule has 0 aliphatic carbocycles. The van der Waals surface area contributed by atoms with Crippen molar-refractivity contribution < 1.29 is 5.11 Å². The minimum absolute atomic E-state index is 0.461. The molecular formula is C15H18N4O. The van der Waals surface area contributed by atoms with E-state index in [1.54, 1.807) is 12.4 Å². The Morgan fingerprint density at radius 1 is 1.35 bits per heavy atom. The van der Waals surface area contributed by atoms with Gasteiger partial charge in [-0.1, -0.05) is 19.1 Å². The standard InChI is InChI=1S/C15H18N4O/c1-2-9-19-12-6-4-3-5-11(12)18-14(19)10-13(20)15-16-7-8-17-15/h3-8,13,20H,2,9-10H2,1H3,(H,16,17). The first-order valence-electron chi connectivity index (χ1n) is 6.91. The van der Waals surface area contributed by atoms with Gasteiger partial charge in [-0.25, -0.2) is 9.97 Å². The lowest BCUT2D eigenvalue weighted by molar-refractivity contribution is 0.165. The minimum atomic E-state index is -0.655. The predicted octanol–water partition coefficient (Wildman–Crippen LogP) is 2.45. The van der Waals surface area contributed by atoms with Crippen LogP contribution in [0.5, 0.6) is 0 Å². The monoisotopic (exact) mass is 270 g/mol. The summed E-state index contributed by atoms with van der Waals surface area (Å²) in [6.07, 6.45) is 4.20. The number of para-hydroxylation sites is 2. The molecule has 5 nitrogen and oxygen atoms in total. The summed E-state index contributed by atoms with van der Waals surface area (Å²) < 4.78 is 2.18. The van der Waals surface area contributed by atoms with Gasteiger partial charge in [0, 0.05) is 25.4 Å². The van der Waals surface area contributed by atoms with Gasteiger partial charge in [0.25, 0.3) is 0 Å². The van der Waals surface area contributed by atoms with E-state index in [4.69, 9.17) is 0 Å². The molecule has 0 fully saturated rings. The number of aliphatic hydroxyl groups is 1. The Bertz CT molecular complexity index is 687. The Hall–Kier alpha value is -2.14. The number of aryl methyl sites for hydroxylation is 1. The van der Waals surface area contributed by atoms with Crippen LogP contribution in [0.3, 0.4) is 0 Å². The predicted molar refractivity (Wildman–Crippen MR) is 77.3 cm³/mol. The molecule has 3 rings (SSSR count). The third-order valence-corrected chi connectivity index (χ3v) is 3.39. The van der Waals surface area contributed by atoms with Gasteiger partial charge < -0.3 is 14.7 Å². The molecule has 0 radical (unpaired) electrons. The molecular weight excluding hydrogens is 252 g/mol. The molecule has 0 spiro atoms. The molecule has 3 aromatic rings. The van der Waals surface area contributed by atoms with E-state index in [9.17, 15) is 5.11 Å². The highest BCUT2D eigenvalue weighted by Crippen LogP contribution is 2.20. The number of nitrogens with one attached hydrogen (secondary N) is 1. The van der Waals surface area contributed by atoms with Crippen molar-refractivity contribution in [2.75, 3.05) is 0 Å². The van der Waals surface area contributed by atoms with Crippen molar-refractivity contribution in [3.8, 4) is 0 Å². The van der Waals surface area contributed by atoms with E-state index in [-0.39, 0.29) is 0 Å². The first-order valence-corrected chi connectivity index (χ1v) is 6.91. The van der Waals surface area contributed by atoms with Crippen molar-refractivity contribution in [3.05, 3.63) is 48.3 Å². The summed E-state index contributed by atoms with van der Waals surface area (Å²) in [5.41, 5.74) is 2.10. The summed E-state index contributed by atoms with van der Waals surface area (Å²) in [6, 6.07) is 8.08. The third kappa shape index (κ3) is 2.32. The number of H-pyrrole nitrogens is 1. The minimum Gasteiger partial charge on any atom is -0.385 e. The summed E-state index contributed by atoms with van der Waals surface area (Å²) in [7, 11) is 0. The summed E-state index contributed by atoms with van der Waals surface area (Å²) in [6.45, 7) is 3.04. The number of hydrogen-bond acceptors (Lipinski definition) is 3. The van der Waals surface area contributed by atoms with Crippen LogP contribution in [-0.4, -0.2) is 24.6 Å². The van der Waals surface area contributed by atoms with Crippen molar-refractivity contribution in [1.29, 1.82) is 0 Å². The van der Waals surface area contributed by atoms with E-state index in [0.29, 0.717) is 12.2 Å². The third-order valence-electron chi connectivity index (χ3n) is 3.39. The van der Waals surface area contributed by atoms with E-state index < -0.39 is 6.10 Å². The highest BCUT2D eigenvalue weighted by molar-refractivity contribution is 5.75. The van der Waals surface area contributed by atoms with Gasteiger partial charge in [-0.2, -0.15) is 0 Å². The van der Waals surface area contributed by atoms with Crippen LogP contribution >= 0.6 is 0 Å². The lowest BCUT2D eigenvalue weighted by Crippen LogP contribution is -2.10. The van der Waals surface area contributed by atoms with Crippen LogP contribution < -0.4 is 0 Å². The highest BCUT2D eigenvalue weighted by Gasteiger charge is 2.16. The first kappa shape index (κ1) is 12.9. The van der Waals surface area contributed by atoms with Crippen molar-refractivity contribution in [2.45, 2.75) is 32.4 Å². The second-order valence-electron chi connectivity index (χ2n) is 4.86. The zero-order valence-corrected chi connectivity index (χ0v) is 11.5. The number of rotatable bonds is 5. The van der Waals surface area contributed by atoms with Crippen molar-refractivity contribution in [2.24, 2.45) is 0 Å². The van der Waals surface area contributed by atoms with Gasteiger partial charge in [-0.3, -0.25) is 0 Å². The molecule has 0 saturated carbocycles. The zero-order chi connectivity index (χ0) is 13.9. The normalized spacial score (nSPS) is 12.9. The van der Waals surface area contributed by atoms with Gasteiger partial charge in [-0.05, 0) is 18.6 Å². The molecule has 1 atom stereocenters.